The second kappa shape index (κ2) is 11.2. The molecule has 4 rings (SSSR count). The highest BCUT2D eigenvalue weighted by Crippen LogP contribution is 2.32. The van der Waals surface area contributed by atoms with Crippen LogP contribution in [0.2, 0.25) is 0 Å². The van der Waals surface area contributed by atoms with E-state index in [1.807, 2.05) is 30.3 Å². The Balaban J connectivity index is 1.63. The lowest BCUT2D eigenvalue weighted by Crippen LogP contribution is -2.26. The second-order valence-corrected chi connectivity index (χ2v) is 8.38. The van der Waals surface area contributed by atoms with Gasteiger partial charge in [-0.2, -0.15) is 0 Å². The summed E-state index contributed by atoms with van der Waals surface area (Å²) in [5.74, 6) is 0.212. The number of hydrogen-bond donors (Lipinski definition) is 1. The Morgan fingerprint density at radius 3 is 2.24 bits per heavy atom. The molecule has 1 aromatic heterocycles. The molecule has 0 fully saturated rings. The number of aromatic nitrogens is 1. The van der Waals surface area contributed by atoms with Crippen LogP contribution in [0.4, 0.5) is 8.78 Å². The maximum Gasteiger partial charge on any atom is 0.253 e. The number of carbonyl (C=O) groups is 1. The van der Waals surface area contributed by atoms with Gasteiger partial charge in [0, 0.05) is 18.3 Å². The quantitative estimate of drug-likeness (QED) is 0.315. The number of halogens is 2. The van der Waals surface area contributed by atoms with Gasteiger partial charge in [0.15, 0.2) is 11.5 Å². The number of carbonyl (C=O) groups excluding carboxylic acids is 1. The summed E-state index contributed by atoms with van der Waals surface area (Å²) in [5, 5.41) is 2.94. The number of benzene rings is 3. The summed E-state index contributed by atoms with van der Waals surface area (Å²) in [6, 6.07) is 17.9. The van der Waals surface area contributed by atoms with E-state index in [0.29, 0.717) is 47.2 Å². The average Bonchev–Trinajstić information content (AvgIpc) is 3.25. The highest BCUT2D eigenvalue weighted by atomic mass is 19.1. The first-order valence-electron chi connectivity index (χ1n) is 11.7. The van der Waals surface area contributed by atoms with E-state index in [1.54, 1.807) is 51.0 Å². The SMILES string of the molecule is COc1ccc(-c2cc(C(=O)NCCc3ccc(OC)c(OC)c3)c(C)n2-c2ccc(F)cc2F)cc1. The van der Waals surface area contributed by atoms with Crippen LogP contribution in [0.1, 0.15) is 21.6 Å². The molecule has 0 bridgehead atoms. The molecule has 0 saturated carbocycles. The van der Waals surface area contributed by atoms with Crippen molar-refractivity contribution in [3.05, 3.63) is 95.2 Å². The predicted molar refractivity (Wildman–Crippen MR) is 138 cm³/mol. The third kappa shape index (κ3) is 5.43. The number of hydrogen-bond acceptors (Lipinski definition) is 4. The summed E-state index contributed by atoms with van der Waals surface area (Å²) in [5.41, 5.74) is 3.38. The minimum absolute atomic E-state index is 0.147. The van der Waals surface area contributed by atoms with Crippen molar-refractivity contribution in [1.82, 2.24) is 9.88 Å². The molecule has 37 heavy (non-hydrogen) atoms. The summed E-state index contributed by atoms with van der Waals surface area (Å²) < 4.78 is 46.0. The van der Waals surface area contributed by atoms with Gasteiger partial charge in [0.25, 0.3) is 5.91 Å². The van der Waals surface area contributed by atoms with E-state index in [-0.39, 0.29) is 11.6 Å². The molecule has 0 aliphatic carbocycles. The van der Waals surface area contributed by atoms with Crippen LogP contribution in [-0.4, -0.2) is 38.3 Å². The molecule has 0 atom stereocenters. The first kappa shape index (κ1) is 25.8. The Morgan fingerprint density at radius 2 is 1.59 bits per heavy atom. The van der Waals surface area contributed by atoms with Gasteiger partial charge < -0.3 is 24.1 Å². The van der Waals surface area contributed by atoms with E-state index in [2.05, 4.69) is 5.32 Å². The van der Waals surface area contributed by atoms with Crippen LogP contribution in [0.5, 0.6) is 17.2 Å². The van der Waals surface area contributed by atoms with Crippen molar-refractivity contribution in [2.75, 3.05) is 27.9 Å². The van der Waals surface area contributed by atoms with Gasteiger partial charge in [-0.3, -0.25) is 4.79 Å². The van der Waals surface area contributed by atoms with Crippen LogP contribution in [0, 0.1) is 18.6 Å². The Kier molecular flexibility index (Phi) is 7.77. The molecule has 0 aliphatic heterocycles. The number of methoxy groups -OCH3 is 3. The first-order chi connectivity index (χ1) is 17.9. The summed E-state index contributed by atoms with van der Waals surface area (Å²) in [7, 11) is 4.71. The van der Waals surface area contributed by atoms with Crippen LogP contribution in [0.25, 0.3) is 16.9 Å². The average molecular weight is 507 g/mol. The van der Waals surface area contributed by atoms with Crippen LogP contribution < -0.4 is 19.5 Å². The molecule has 1 N–H and O–H groups in total. The summed E-state index contributed by atoms with van der Waals surface area (Å²) in [6.45, 7) is 2.11. The van der Waals surface area contributed by atoms with E-state index in [4.69, 9.17) is 14.2 Å². The van der Waals surface area contributed by atoms with Gasteiger partial charge in [-0.25, -0.2) is 8.78 Å². The van der Waals surface area contributed by atoms with E-state index in [9.17, 15) is 13.6 Å². The van der Waals surface area contributed by atoms with E-state index >= 15 is 0 Å². The Hall–Kier alpha value is -4.33. The molecule has 8 heteroatoms. The van der Waals surface area contributed by atoms with Gasteiger partial charge in [-0.1, -0.05) is 6.07 Å². The normalized spacial score (nSPS) is 10.8. The maximum absolute atomic E-state index is 14.8. The predicted octanol–water partition coefficient (Wildman–Crippen LogP) is 5.73. The lowest BCUT2D eigenvalue weighted by Gasteiger charge is -2.14. The van der Waals surface area contributed by atoms with Crippen LogP contribution in [0.15, 0.2) is 66.7 Å². The van der Waals surface area contributed by atoms with Crippen molar-refractivity contribution in [2.24, 2.45) is 0 Å². The van der Waals surface area contributed by atoms with Crippen molar-refractivity contribution in [1.29, 1.82) is 0 Å². The highest BCUT2D eigenvalue weighted by molar-refractivity contribution is 5.97. The summed E-state index contributed by atoms with van der Waals surface area (Å²) in [6.07, 6.45) is 0.573. The zero-order chi connectivity index (χ0) is 26.5. The fraction of sp³-hybridized carbons (Fsp3) is 0.207. The molecule has 1 heterocycles. The molecule has 0 saturated heterocycles. The topological polar surface area (TPSA) is 61.7 Å². The van der Waals surface area contributed by atoms with E-state index in [0.717, 1.165) is 17.2 Å². The third-order valence-corrected chi connectivity index (χ3v) is 6.18. The minimum Gasteiger partial charge on any atom is -0.497 e. The van der Waals surface area contributed by atoms with Crippen molar-refractivity contribution >= 4 is 5.91 Å². The largest absolute Gasteiger partial charge is 0.497 e. The van der Waals surface area contributed by atoms with Gasteiger partial charge >= 0.3 is 0 Å². The fourth-order valence-electron chi connectivity index (χ4n) is 4.24. The lowest BCUT2D eigenvalue weighted by atomic mass is 10.1. The maximum atomic E-state index is 14.8. The van der Waals surface area contributed by atoms with Crippen molar-refractivity contribution < 1.29 is 27.8 Å². The number of nitrogens with one attached hydrogen (secondary N) is 1. The second-order valence-electron chi connectivity index (χ2n) is 8.38. The van der Waals surface area contributed by atoms with Crippen molar-refractivity contribution in [3.63, 3.8) is 0 Å². The molecule has 0 spiro atoms. The van der Waals surface area contributed by atoms with Gasteiger partial charge in [-0.15, -0.1) is 0 Å². The first-order valence-corrected chi connectivity index (χ1v) is 11.7. The zero-order valence-electron chi connectivity index (χ0n) is 21.1. The molecule has 0 radical (unpaired) electrons. The number of rotatable bonds is 9. The number of nitrogens with zero attached hydrogens (tertiary/aromatic N) is 1. The van der Waals surface area contributed by atoms with Gasteiger partial charge in [0.1, 0.15) is 17.4 Å². The number of amides is 1. The van der Waals surface area contributed by atoms with Gasteiger partial charge in [0.2, 0.25) is 0 Å². The molecular formula is C29H28F2N2O4. The Labute approximate surface area is 214 Å². The summed E-state index contributed by atoms with van der Waals surface area (Å²) in [4.78, 5) is 13.2. The monoisotopic (exact) mass is 506 g/mol. The smallest absolute Gasteiger partial charge is 0.253 e. The summed E-state index contributed by atoms with van der Waals surface area (Å²) >= 11 is 0. The van der Waals surface area contributed by atoms with Crippen molar-refractivity contribution in [2.45, 2.75) is 13.3 Å². The third-order valence-electron chi connectivity index (χ3n) is 6.18. The Bertz CT molecular complexity index is 1410. The minimum atomic E-state index is -0.728. The van der Waals surface area contributed by atoms with Crippen LogP contribution in [-0.2, 0) is 6.42 Å². The molecule has 0 aliphatic rings. The highest BCUT2D eigenvalue weighted by Gasteiger charge is 2.21. The van der Waals surface area contributed by atoms with E-state index < -0.39 is 11.6 Å². The molecule has 6 nitrogen and oxygen atoms in total. The van der Waals surface area contributed by atoms with Crippen LogP contribution >= 0.6 is 0 Å². The number of ether oxygens (including phenoxy) is 3. The Morgan fingerprint density at radius 1 is 0.865 bits per heavy atom. The standard InChI is InChI=1S/C29H28F2N2O4/c1-18-23(29(34)32-14-13-19-5-12-27(36-3)28(15-19)37-4)17-26(20-6-9-22(35-2)10-7-20)33(18)25-11-8-21(30)16-24(25)31/h5-12,15-17H,13-14H2,1-4H3,(H,32,34). The lowest BCUT2D eigenvalue weighted by molar-refractivity contribution is 0.0953. The fourth-order valence-corrected chi connectivity index (χ4v) is 4.24. The molecule has 0 unspecified atom stereocenters. The molecular weight excluding hydrogens is 478 g/mol. The van der Waals surface area contributed by atoms with E-state index in [1.165, 1.54) is 12.1 Å². The molecule has 1 amide bonds. The van der Waals surface area contributed by atoms with Crippen LogP contribution in [0.3, 0.4) is 0 Å². The van der Waals surface area contributed by atoms with Gasteiger partial charge in [-0.05, 0) is 79.1 Å². The zero-order valence-corrected chi connectivity index (χ0v) is 21.1. The molecule has 3 aromatic carbocycles. The molecule has 4 aromatic rings. The van der Waals surface area contributed by atoms with Crippen molar-refractivity contribution in [3.8, 4) is 34.2 Å². The molecule has 192 valence electrons. The van der Waals surface area contributed by atoms with Gasteiger partial charge in [0.05, 0.1) is 38.3 Å².